The van der Waals surface area contributed by atoms with E-state index in [1.807, 2.05) is 30.5 Å². The van der Waals surface area contributed by atoms with Crippen molar-refractivity contribution in [1.29, 1.82) is 0 Å². The molecule has 18 heavy (non-hydrogen) atoms. The summed E-state index contributed by atoms with van der Waals surface area (Å²) in [6, 6.07) is 7.41. The van der Waals surface area contributed by atoms with Crippen LogP contribution in [0.3, 0.4) is 0 Å². The Morgan fingerprint density at radius 2 is 2.11 bits per heavy atom. The van der Waals surface area contributed by atoms with Crippen LogP contribution in [0.1, 0.15) is 16.5 Å². The van der Waals surface area contributed by atoms with E-state index in [4.69, 9.17) is 23.2 Å². The van der Waals surface area contributed by atoms with Crippen molar-refractivity contribution in [2.24, 2.45) is 0 Å². The zero-order chi connectivity index (χ0) is 13.1. The Balaban J connectivity index is 2.04. The molecule has 1 atom stereocenters. The average Bonchev–Trinajstić information content (AvgIpc) is 2.85. The lowest BCUT2D eigenvalue weighted by Crippen LogP contribution is -2.11. The van der Waals surface area contributed by atoms with E-state index in [1.54, 1.807) is 6.07 Å². The third-order valence-electron chi connectivity index (χ3n) is 2.61. The number of nitrogens with one attached hydrogen (secondary N) is 1. The van der Waals surface area contributed by atoms with Gasteiger partial charge in [-0.3, -0.25) is 0 Å². The Hall–Kier alpha value is -0.740. The van der Waals surface area contributed by atoms with Gasteiger partial charge in [-0.25, -0.2) is 0 Å². The quantitative estimate of drug-likeness (QED) is 0.871. The molecule has 0 bridgehead atoms. The highest BCUT2D eigenvalue weighted by Gasteiger charge is 2.10. The van der Waals surface area contributed by atoms with Gasteiger partial charge in [-0.1, -0.05) is 29.3 Å². The first kappa shape index (κ1) is 13.7. The zero-order valence-electron chi connectivity index (χ0n) is 9.78. The van der Waals surface area contributed by atoms with Gasteiger partial charge in [-0.2, -0.15) is 0 Å². The van der Waals surface area contributed by atoms with Crippen LogP contribution in [0.4, 0.5) is 5.69 Å². The lowest BCUT2D eigenvalue weighted by Gasteiger charge is -2.13. The number of halogens is 2. The van der Waals surface area contributed by atoms with Crippen LogP contribution >= 0.6 is 34.5 Å². The van der Waals surface area contributed by atoms with Crippen molar-refractivity contribution >= 4 is 40.2 Å². The van der Waals surface area contributed by atoms with E-state index in [-0.39, 0.29) is 0 Å². The number of aryl methyl sites for hydroxylation is 1. The van der Waals surface area contributed by atoms with Crippen LogP contribution in [0.15, 0.2) is 29.6 Å². The fourth-order valence-corrected chi connectivity index (χ4v) is 2.73. The predicted octanol–water partition coefficient (Wildman–Crippen LogP) is 4.51. The van der Waals surface area contributed by atoms with Crippen molar-refractivity contribution in [3.05, 3.63) is 50.1 Å². The maximum atomic E-state index is 9.96. The molecule has 0 aliphatic heterocycles. The van der Waals surface area contributed by atoms with Crippen molar-refractivity contribution in [3.8, 4) is 0 Å². The maximum Gasteiger partial charge on any atom is 0.105 e. The van der Waals surface area contributed by atoms with E-state index in [2.05, 4.69) is 5.32 Å². The molecule has 2 rings (SSSR count). The summed E-state index contributed by atoms with van der Waals surface area (Å²) in [7, 11) is 0. The Labute approximate surface area is 120 Å². The zero-order valence-corrected chi connectivity index (χ0v) is 12.1. The molecule has 0 amide bonds. The molecule has 0 aliphatic rings. The Kier molecular flexibility index (Phi) is 4.51. The fraction of sp³-hybridized carbons (Fsp3) is 0.231. The number of anilines is 1. The molecule has 0 spiro atoms. The van der Waals surface area contributed by atoms with Crippen molar-refractivity contribution in [1.82, 2.24) is 0 Å². The molecule has 1 unspecified atom stereocenters. The number of rotatable bonds is 4. The highest BCUT2D eigenvalue weighted by atomic mass is 35.5. The topological polar surface area (TPSA) is 32.3 Å². The summed E-state index contributed by atoms with van der Waals surface area (Å²) in [6.45, 7) is 2.30. The van der Waals surface area contributed by atoms with Crippen LogP contribution in [-0.2, 0) is 0 Å². The summed E-state index contributed by atoms with van der Waals surface area (Å²) in [5.41, 5.74) is 1.67. The highest BCUT2D eigenvalue weighted by Crippen LogP contribution is 2.29. The van der Waals surface area contributed by atoms with Crippen LogP contribution < -0.4 is 5.32 Å². The van der Waals surface area contributed by atoms with Gasteiger partial charge in [0.15, 0.2) is 0 Å². The molecule has 2 nitrogen and oxygen atoms in total. The van der Waals surface area contributed by atoms with Crippen molar-refractivity contribution in [3.63, 3.8) is 0 Å². The second-order valence-corrected chi connectivity index (χ2v) is 5.79. The van der Waals surface area contributed by atoms with Crippen molar-refractivity contribution in [2.45, 2.75) is 13.0 Å². The van der Waals surface area contributed by atoms with Gasteiger partial charge < -0.3 is 10.4 Å². The number of benzene rings is 1. The van der Waals surface area contributed by atoms with Gasteiger partial charge in [0.1, 0.15) is 6.10 Å². The van der Waals surface area contributed by atoms with Gasteiger partial charge in [0.25, 0.3) is 0 Å². The smallest absolute Gasteiger partial charge is 0.105 e. The first-order valence-electron chi connectivity index (χ1n) is 5.49. The second kappa shape index (κ2) is 5.93. The number of hydrogen-bond acceptors (Lipinski definition) is 3. The van der Waals surface area contributed by atoms with Gasteiger partial charge >= 0.3 is 0 Å². The Bertz CT molecular complexity index is 528. The summed E-state index contributed by atoms with van der Waals surface area (Å²) in [6.07, 6.45) is -0.541. The first-order valence-corrected chi connectivity index (χ1v) is 7.12. The largest absolute Gasteiger partial charge is 0.386 e. The molecule has 0 saturated carbocycles. The number of hydrogen-bond donors (Lipinski definition) is 2. The van der Waals surface area contributed by atoms with E-state index >= 15 is 0 Å². The van der Waals surface area contributed by atoms with E-state index in [0.29, 0.717) is 16.6 Å². The molecule has 1 heterocycles. The summed E-state index contributed by atoms with van der Waals surface area (Å²) in [5, 5.41) is 16.3. The standard InChI is InChI=1S/C13H13Cl2NOS/c1-8-5-10(15)11(6-9(8)14)16-7-12(17)13-3-2-4-18-13/h2-6,12,16-17H,7H2,1H3. The minimum absolute atomic E-state index is 0.402. The molecule has 0 radical (unpaired) electrons. The van der Waals surface area contributed by atoms with E-state index in [9.17, 15) is 5.11 Å². The molecular weight excluding hydrogens is 289 g/mol. The lowest BCUT2D eigenvalue weighted by molar-refractivity contribution is 0.195. The molecule has 0 aliphatic carbocycles. The van der Waals surface area contributed by atoms with Crippen LogP contribution in [0.25, 0.3) is 0 Å². The molecule has 96 valence electrons. The first-order chi connectivity index (χ1) is 8.58. The van der Waals surface area contributed by atoms with Gasteiger partial charge in [-0.05, 0) is 36.1 Å². The maximum absolute atomic E-state index is 9.96. The third-order valence-corrected chi connectivity index (χ3v) is 4.30. The van der Waals surface area contributed by atoms with Gasteiger partial charge in [0.2, 0.25) is 0 Å². The monoisotopic (exact) mass is 301 g/mol. The molecular formula is C13H13Cl2NOS. The lowest BCUT2D eigenvalue weighted by atomic mass is 10.2. The SMILES string of the molecule is Cc1cc(Cl)c(NCC(O)c2cccs2)cc1Cl. The number of aliphatic hydroxyl groups excluding tert-OH is 1. The highest BCUT2D eigenvalue weighted by molar-refractivity contribution is 7.10. The van der Waals surface area contributed by atoms with Gasteiger partial charge in [0.05, 0.1) is 10.7 Å². The fourth-order valence-electron chi connectivity index (χ4n) is 1.57. The molecule has 1 aromatic carbocycles. The van der Waals surface area contributed by atoms with E-state index in [0.717, 1.165) is 16.1 Å². The summed E-state index contributed by atoms with van der Waals surface area (Å²) in [4.78, 5) is 0.928. The minimum atomic E-state index is -0.541. The minimum Gasteiger partial charge on any atom is -0.386 e. The van der Waals surface area contributed by atoms with Crippen molar-refractivity contribution in [2.75, 3.05) is 11.9 Å². The average molecular weight is 302 g/mol. The van der Waals surface area contributed by atoms with Gasteiger partial charge in [-0.15, -0.1) is 11.3 Å². The number of thiophene rings is 1. The third kappa shape index (κ3) is 3.18. The van der Waals surface area contributed by atoms with E-state index < -0.39 is 6.10 Å². The molecule has 5 heteroatoms. The summed E-state index contributed by atoms with van der Waals surface area (Å²) < 4.78 is 0. The molecule has 1 aromatic heterocycles. The molecule has 0 fully saturated rings. The van der Waals surface area contributed by atoms with Crippen LogP contribution in [0.5, 0.6) is 0 Å². The van der Waals surface area contributed by atoms with Gasteiger partial charge in [0, 0.05) is 16.4 Å². The van der Waals surface area contributed by atoms with Crippen molar-refractivity contribution < 1.29 is 5.11 Å². The predicted molar refractivity (Wildman–Crippen MR) is 79.0 cm³/mol. The molecule has 0 saturated heterocycles. The Morgan fingerprint density at radius 3 is 2.78 bits per heavy atom. The Morgan fingerprint density at radius 1 is 1.33 bits per heavy atom. The van der Waals surface area contributed by atoms with Crippen LogP contribution in [0.2, 0.25) is 10.0 Å². The normalized spacial score (nSPS) is 12.4. The van der Waals surface area contributed by atoms with E-state index in [1.165, 1.54) is 11.3 Å². The van der Waals surface area contributed by atoms with Crippen LogP contribution in [0, 0.1) is 6.92 Å². The summed E-state index contributed by atoms with van der Waals surface area (Å²) >= 11 is 13.7. The summed E-state index contributed by atoms with van der Waals surface area (Å²) in [5.74, 6) is 0. The van der Waals surface area contributed by atoms with Crippen LogP contribution in [-0.4, -0.2) is 11.7 Å². The molecule has 2 aromatic rings. The second-order valence-electron chi connectivity index (χ2n) is 3.99. The molecule has 2 N–H and O–H groups in total. The number of aliphatic hydroxyl groups is 1.